The molecule has 0 N–H and O–H groups in total. The van der Waals surface area contributed by atoms with E-state index >= 15 is 0 Å². The number of halogens is 1. The molecule has 0 aliphatic heterocycles. The van der Waals surface area contributed by atoms with Crippen LogP contribution in [-0.4, -0.2) is 15.1 Å². The van der Waals surface area contributed by atoms with Gasteiger partial charge in [0.25, 0.3) is 0 Å². The predicted molar refractivity (Wildman–Crippen MR) is 74.3 cm³/mol. The Morgan fingerprint density at radius 1 is 1.18 bits per heavy atom. The maximum absolute atomic E-state index is 4.21. The lowest BCUT2D eigenvalue weighted by Gasteiger charge is -2.12. The first-order valence-corrected chi connectivity index (χ1v) is 6.97. The summed E-state index contributed by atoms with van der Waals surface area (Å²) in [5, 5.41) is 5.24. The molecule has 1 aromatic carbocycles. The molecule has 17 heavy (non-hydrogen) atoms. The molecule has 2 rings (SSSR count). The highest BCUT2D eigenvalue weighted by Gasteiger charge is 2.10. The van der Waals surface area contributed by atoms with Crippen LogP contribution in [0.1, 0.15) is 11.1 Å². The molecule has 1 aromatic heterocycles. The molecule has 3 heteroatoms. The monoisotopic (exact) mass is 292 g/mol. The molecule has 2 nitrogen and oxygen atoms in total. The first-order chi connectivity index (χ1) is 8.28. The van der Waals surface area contributed by atoms with Gasteiger partial charge in [-0.2, -0.15) is 5.10 Å². The number of nitrogens with zero attached hydrogens (tertiary/aromatic N) is 2. The van der Waals surface area contributed by atoms with Crippen molar-refractivity contribution in [3.05, 3.63) is 53.9 Å². The molecular weight excluding hydrogens is 276 g/mol. The number of alkyl halides is 1. The third-order valence-electron chi connectivity index (χ3n) is 2.87. The zero-order valence-electron chi connectivity index (χ0n) is 10.0. The molecule has 90 valence electrons. The van der Waals surface area contributed by atoms with Crippen LogP contribution in [-0.2, 0) is 19.9 Å². The second-order valence-electron chi connectivity index (χ2n) is 4.44. The van der Waals surface area contributed by atoms with Crippen molar-refractivity contribution in [1.29, 1.82) is 0 Å². The van der Waals surface area contributed by atoms with Crippen LogP contribution in [0, 0.1) is 5.92 Å². The van der Waals surface area contributed by atoms with Gasteiger partial charge in [-0.3, -0.25) is 4.68 Å². The molecule has 0 radical (unpaired) electrons. The normalized spacial score (nSPS) is 12.6. The fourth-order valence-electron chi connectivity index (χ4n) is 2.04. The van der Waals surface area contributed by atoms with Crippen molar-refractivity contribution in [2.75, 3.05) is 5.33 Å². The largest absolute Gasteiger partial charge is 0.276 e. The van der Waals surface area contributed by atoms with Crippen LogP contribution < -0.4 is 0 Å². The molecule has 2 aromatic rings. The average Bonchev–Trinajstić information content (AvgIpc) is 2.75. The van der Waals surface area contributed by atoms with Gasteiger partial charge in [0.1, 0.15) is 0 Å². The third-order valence-corrected chi connectivity index (χ3v) is 3.78. The van der Waals surface area contributed by atoms with Gasteiger partial charge in [0.15, 0.2) is 0 Å². The summed E-state index contributed by atoms with van der Waals surface area (Å²) in [7, 11) is 1.96. The third kappa shape index (κ3) is 3.70. The second kappa shape index (κ2) is 6.01. The van der Waals surface area contributed by atoms with E-state index in [4.69, 9.17) is 0 Å². The highest BCUT2D eigenvalue weighted by atomic mass is 79.9. The van der Waals surface area contributed by atoms with E-state index in [-0.39, 0.29) is 0 Å². The van der Waals surface area contributed by atoms with Gasteiger partial charge >= 0.3 is 0 Å². The molecule has 0 aliphatic carbocycles. The lowest BCUT2D eigenvalue weighted by Crippen LogP contribution is -2.09. The SMILES string of the molecule is Cn1cc(CC(CBr)Cc2ccccc2)cn1. The molecule has 0 bridgehead atoms. The average molecular weight is 293 g/mol. The van der Waals surface area contributed by atoms with Gasteiger partial charge in [0, 0.05) is 18.6 Å². The molecule has 0 spiro atoms. The Balaban J connectivity index is 1.98. The Labute approximate surface area is 111 Å². The lowest BCUT2D eigenvalue weighted by molar-refractivity contribution is 0.591. The van der Waals surface area contributed by atoms with Crippen molar-refractivity contribution < 1.29 is 0 Å². The van der Waals surface area contributed by atoms with E-state index in [1.54, 1.807) is 0 Å². The minimum absolute atomic E-state index is 0.626. The van der Waals surface area contributed by atoms with Gasteiger partial charge in [-0.15, -0.1) is 0 Å². The minimum atomic E-state index is 0.626. The van der Waals surface area contributed by atoms with Crippen LogP contribution in [0.5, 0.6) is 0 Å². The second-order valence-corrected chi connectivity index (χ2v) is 5.08. The Hall–Kier alpha value is -1.09. The maximum atomic E-state index is 4.21. The highest BCUT2D eigenvalue weighted by molar-refractivity contribution is 9.09. The van der Waals surface area contributed by atoms with Gasteiger partial charge in [0.2, 0.25) is 0 Å². The van der Waals surface area contributed by atoms with E-state index in [0.717, 1.165) is 18.2 Å². The van der Waals surface area contributed by atoms with Crippen molar-refractivity contribution in [2.24, 2.45) is 13.0 Å². The smallest absolute Gasteiger partial charge is 0.0521 e. The van der Waals surface area contributed by atoms with E-state index in [2.05, 4.69) is 57.6 Å². The van der Waals surface area contributed by atoms with Gasteiger partial charge < -0.3 is 0 Å². The van der Waals surface area contributed by atoms with E-state index in [1.165, 1.54) is 11.1 Å². The summed E-state index contributed by atoms with van der Waals surface area (Å²) in [5.74, 6) is 0.626. The molecule has 1 unspecified atom stereocenters. The summed E-state index contributed by atoms with van der Waals surface area (Å²) in [5.41, 5.74) is 2.72. The minimum Gasteiger partial charge on any atom is -0.276 e. The van der Waals surface area contributed by atoms with Gasteiger partial charge in [-0.05, 0) is 29.9 Å². The van der Waals surface area contributed by atoms with Gasteiger partial charge in [-0.1, -0.05) is 46.3 Å². The molecule has 0 saturated carbocycles. The van der Waals surface area contributed by atoms with E-state index in [9.17, 15) is 0 Å². The summed E-state index contributed by atoms with van der Waals surface area (Å²) < 4.78 is 1.86. The number of aryl methyl sites for hydroxylation is 1. The number of benzene rings is 1. The summed E-state index contributed by atoms with van der Waals surface area (Å²) in [6.07, 6.45) is 6.25. The maximum Gasteiger partial charge on any atom is 0.0521 e. The zero-order chi connectivity index (χ0) is 12.1. The molecule has 0 amide bonds. The molecular formula is C14H17BrN2. The van der Waals surface area contributed by atoms with Gasteiger partial charge in [-0.25, -0.2) is 0 Å². The Morgan fingerprint density at radius 3 is 2.47 bits per heavy atom. The summed E-state index contributed by atoms with van der Waals surface area (Å²) >= 11 is 3.61. The van der Waals surface area contributed by atoms with Crippen molar-refractivity contribution in [2.45, 2.75) is 12.8 Å². The van der Waals surface area contributed by atoms with Crippen LogP contribution in [0.25, 0.3) is 0 Å². The molecule has 0 saturated heterocycles. The number of rotatable bonds is 5. The van der Waals surface area contributed by atoms with Crippen LogP contribution in [0.4, 0.5) is 0 Å². The fourth-order valence-corrected chi connectivity index (χ4v) is 2.50. The van der Waals surface area contributed by atoms with Crippen LogP contribution in [0.3, 0.4) is 0 Å². The first kappa shape index (κ1) is 12.4. The Kier molecular flexibility index (Phi) is 4.37. The van der Waals surface area contributed by atoms with Crippen molar-refractivity contribution >= 4 is 15.9 Å². The predicted octanol–water partition coefficient (Wildman–Crippen LogP) is 3.22. The van der Waals surface area contributed by atoms with Crippen LogP contribution in [0.15, 0.2) is 42.7 Å². The molecule has 0 aliphatic rings. The summed E-state index contributed by atoms with van der Waals surface area (Å²) in [6.45, 7) is 0. The first-order valence-electron chi connectivity index (χ1n) is 5.85. The number of hydrogen-bond acceptors (Lipinski definition) is 1. The summed E-state index contributed by atoms with van der Waals surface area (Å²) in [4.78, 5) is 0. The topological polar surface area (TPSA) is 17.8 Å². The summed E-state index contributed by atoms with van der Waals surface area (Å²) in [6, 6.07) is 10.7. The zero-order valence-corrected chi connectivity index (χ0v) is 11.6. The van der Waals surface area contributed by atoms with Crippen molar-refractivity contribution in [3.8, 4) is 0 Å². The molecule has 0 fully saturated rings. The Bertz CT molecular complexity index is 450. The van der Waals surface area contributed by atoms with Crippen LogP contribution in [0.2, 0.25) is 0 Å². The van der Waals surface area contributed by atoms with E-state index in [0.29, 0.717) is 5.92 Å². The van der Waals surface area contributed by atoms with Crippen molar-refractivity contribution in [1.82, 2.24) is 9.78 Å². The molecule has 1 heterocycles. The lowest BCUT2D eigenvalue weighted by atomic mass is 9.96. The van der Waals surface area contributed by atoms with E-state index in [1.807, 2.05) is 17.9 Å². The molecule has 1 atom stereocenters. The Morgan fingerprint density at radius 2 is 1.88 bits per heavy atom. The fraction of sp³-hybridized carbons (Fsp3) is 0.357. The number of hydrogen-bond donors (Lipinski definition) is 0. The number of aromatic nitrogens is 2. The van der Waals surface area contributed by atoms with Crippen molar-refractivity contribution in [3.63, 3.8) is 0 Å². The van der Waals surface area contributed by atoms with Gasteiger partial charge in [0.05, 0.1) is 6.20 Å². The quantitative estimate of drug-likeness (QED) is 0.774. The van der Waals surface area contributed by atoms with Crippen LogP contribution >= 0.6 is 15.9 Å². The standard InChI is InChI=1S/C14H17BrN2/c1-17-11-14(10-16-17)8-13(9-15)7-12-5-3-2-4-6-12/h2-6,10-11,13H,7-9H2,1H3. The highest BCUT2D eigenvalue weighted by Crippen LogP contribution is 2.16. The van der Waals surface area contributed by atoms with E-state index < -0.39 is 0 Å².